The number of nitrogens with two attached hydrogens (primary N) is 1. The highest BCUT2D eigenvalue weighted by Crippen LogP contribution is 2.21. The van der Waals surface area contributed by atoms with Crippen molar-refractivity contribution in [2.24, 2.45) is 5.73 Å². The van der Waals surface area contributed by atoms with E-state index in [0.717, 1.165) is 0 Å². The summed E-state index contributed by atoms with van der Waals surface area (Å²) in [5, 5.41) is 0. The van der Waals surface area contributed by atoms with Gasteiger partial charge < -0.3 is 5.73 Å². The van der Waals surface area contributed by atoms with Crippen LogP contribution in [0.5, 0.6) is 0 Å². The highest BCUT2D eigenvalue weighted by molar-refractivity contribution is 5.10. The number of allylic oxidation sites excluding steroid dienone is 1. The fourth-order valence-corrected chi connectivity index (χ4v) is 1.42. The molecule has 0 bridgehead atoms. The number of hydrogen-bond acceptors (Lipinski definition) is 1. The Balaban J connectivity index is 2.49. The number of hydrogen-bond donors (Lipinski definition) is 1. The fraction of sp³-hybridized carbons (Fsp3) is 0.750. The van der Waals surface area contributed by atoms with E-state index in [4.69, 9.17) is 5.73 Å². The van der Waals surface area contributed by atoms with Crippen LogP contribution in [-0.2, 0) is 0 Å². The van der Waals surface area contributed by atoms with Crippen LogP contribution in [0.1, 0.15) is 32.6 Å². The van der Waals surface area contributed by atoms with E-state index in [-0.39, 0.29) is 0 Å². The smallest absolute Gasteiger partial charge is 0.0253 e. The van der Waals surface area contributed by atoms with Gasteiger partial charge in [-0.15, -0.1) is 0 Å². The second kappa shape index (κ2) is 3.02. The van der Waals surface area contributed by atoms with E-state index in [1.807, 2.05) is 0 Å². The van der Waals surface area contributed by atoms with Crippen molar-refractivity contribution in [3.8, 4) is 0 Å². The highest BCUT2D eigenvalue weighted by Gasteiger charge is 2.12. The average molecular weight is 125 g/mol. The second-order valence-electron chi connectivity index (χ2n) is 2.72. The SMILES string of the molecule is C/C=C1/CCCCC1N. The molecule has 1 rings (SSSR count). The van der Waals surface area contributed by atoms with Gasteiger partial charge in [-0.05, 0) is 26.2 Å². The summed E-state index contributed by atoms with van der Waals surface area (Å²) in [5.74, 6) is 0. The number of rotatable bonds is 0. The van der Waals surface area contributed by atoms with Gasteiger partial charge in [0.15, 0.2) is 0 Å². The minimum Gasteiger partial charge on any atom is -0.324 e. The van der Waals surface area contributed by atoms with Gasteiger partial charge in [0.25, 0.3) is 0 Å². The summed E-state index contributed by atoms with van der Waals surface area (Å²) >= 11 is 0. The van der Waals surface area contributed by atoms with Crippen LogP contribution < -0.4 is 5.73 Å². The predicted molar refractivity (Wildman–Crippen MR) is 40.2 cm³/mol. The van der Waals surface area contributed by atoms with Crippen LogP contribution in [0.25, 0.3) is 0 Å². The first-order chi connectivity index (χ1) is 4.34. The van der Waals surface area contributed by atoms with E-state index in [9.17, 15) is 0 Å². The molecule has 1 fully saturated rings. The molecule has 9 heavy (non-hydrogen) atoms. The summed E-state index contributed by atoms with van der Waals surface area (Å²) in [6.45, 7) is 2.08. The summed E-state index contributed by atoms with van der Waals surface area (Å²) in [5.41, 5.74) is 7.28. The molecule has 0 spiro atoms. The summed E-state index contributed by atoms with van der Waals surface area (Å²) in [6, 6.07) is 0.378. The summed E-state index contributed by atoms with van der Waals surface area (Å²) in [4.78, 5) is 0. The normalized spacial score (nSPS) is 33.1. The zero-order valence-electron chi connectivity index (χ0n) is 6.06. The van der Waals surface area contributed by atoms with Crippen molar-refractivity contribution in [2.75, 3.05) is 0 Å². The Hall–Kier alpha value is -0.300. The molecule has 0 amide bonds. The van der Waals surface area contributed by atoms with Crippen molar-refractivity contribution >= 4 is 0 Å². The molecule has 52 valence electrons. The highest BCUT2D eigenvalue weighted by atomic mass is 14.6. The lowest BCUT2D eigenvalue weighted by molar-refractivity contribution is 0.535. The maximum atomic E-state index is 5.82. The molecule has 1 atom stereocenters. The molecule has 0 aliphatic heterocycles. The molecular formula is C8H15N. The third-order valence-corrected chi connectivity index (χ3v) is 2.08. The zero-order chi connectivity index (χ0) is 6.69. The van der Waals surface area contributed by atoms with Crippen LogP contribution in [0, 0.1) is 0 Å². The molecule has 0 aromatic heterocycles. The van der Waals surface area contributed by atoms with Crippen molar-refractivity contribution in [3.05, 3.63) is 11.6 Å². The van der Waals surface area contributed by atoms with Gasteiger partial charge in [0, 0.05) is 6.04 Å². The van der Waals surface area contributed by atoms with Gasteiger partial charge >= 0.3 is 0 Å². The lowest BCUT2D eigenvalue weighted by Crippen LogP contribution is -2.25. The van der Waals surface area contributed by atoms with Crippen LogP contribution >= 0.6 is 0 Å². The molecule has 0 aromatic carbocycles. The van der Waals surface area contributed by atoms with Crippen LogP contribution in [0.15, 0.2) is 11.6 Å². The maximum absolute atomic E-state index is 5.82. The third kappa shape index (κ3) is 1.55. The van der Waals surface area contributed by atoms with Crippen LogP contribution in [0.2, 0.25) is 0 Å². The first kappa shape index (κ1) is 6.81. The van der Waals surface area contributed by atoms with E-state index in [1.54, 1.807) is 0 Å². The standard InChI is InChI=1S/C8H15N/c1-2-7-5-3-4-6-8(7)9/h2,8H,3-6,9H2,1H3/b7-2-. The Morgan fingerprint density at radius 3 is 2.78 bits per heavy atom. The van der Waals surface area contributed by atoms with Crippen molar-refractivity contribution in [2.45, 2.75) is 38.6 Å². The van der Waals surface area contributed by atoms with E-state index in [0.29, 0.717) is 6.04 Å². The molecule has 0 saturated heterocycles. The van der Waals surface area contributed by atoms with Gasteiger partial charge in [-0.3, -0.25) is 0 Å². The van der Waals surface area contributed by atoms with Crippen molar-refractivity contribution in [1.82, 2.24) is 0 Å². The zero-order valence-corrected chi connectivity index (χ0v) is 6.06. The lowest BCUT2D eigenvalue weighted by Gasteiger charge is -2.20. The Kier molecular flexibility index (Phi) is 2.29. The Morgan fingerprint density at radius 2 is 2.33 bits per heavy atom. The van der Waals surface area contributed by atoms with Gasteiger partial charge in [0.05, 0.1) is 0 Å². The third-order valence-electron chi connectivity index (χ3n) is 2.08. The molecule has 1 saturated carbocycles. The first-order valence-electron chi connectivity index (χ1n) is 3.75. The Labute approximate surface area is 56.9 Å². The molecule has 2 N–H and O–H groups in total. The summed E-state index contributed by atoms with van der Waals surface area (Å²) in [7, 11) is 0. The lowest BCUT2D eigenvalue weighted by atomic mass is 9.91. The quantitative estimate of drug-likeness (QED) is 0.491. The fourth-order valence-electron chi connectivity index (χ4n) is 1.42. The maximum Gasteiger partial charge on any atom is 0.0253 e. The molecule has 0 heterocycles. The van der Waals surface area contributed by atoms with E-state index >= 15 is 0 Å². The van der Waals surface area contributed by atoms with Crippen LogP contribution in [-0.4, -0.2) is 6.04 Å². The minimum atomic E-state index is 0.378. The molecule has 1 aliphatic carbocycles. The Bertz CT molecular complexity index is 116. The van der Waals surface area contributed by atoms with Crippen molar-refractivity contribution < 1.29 is 0 Å². The van der Waals surface area contributed by atoms with Gasteiger partial charge in [-0.25, -0.2) is 0 Å². The molecule has 0 aromatic rings. The van der Waals surface area contributed by atoms with Crippen LogP contribution in [0.4, 0.5) is 0 Å². The topological polar surface area (TPSA) is 26.0 Å². The monoisotopic (exact) mass is 125 g/mol. The molecule has 1 aliphatic rings. The molecular weight excluding hydrogens is 110 g/mol. The molecule has 1 unspecified atom stereocenters. The van der Waals surface area contributed by atoms with Crippen molar-refractivity contribution in [3.63, 3.8) is 0 Å². The summed E-state index contributed by atoms with van der Waals surface area (Å²) in [6.07, 6.45) is 7.26. The molecule has 0 radical (unpaired) electrons. The second-order valence-corrected chi connectivity index (χ2v) is 2.72. The van der Waals surface area contributed by atoms with Gasteiger partial charge in [0.1, 0.15) is 0 Å². The average Bonchev–Trinajstić information content (AvgIpc) is 1.89. The minimum absolute atomic E-state index is 0.378. The molecule has 1 heteroatoms. The summed E-state index contributed by atoms with van der Waals surface area (Å²) < 4.78 is 0. The van der Waals surface area contributed by atoms with E-state index in [1.165, 1.54) is 31.3 Å². The molecule has 1 nitrogen and oxygen atoms in total. The van der Waals surface area contributed by atoms with Gasteiger partial charge in [-0.2, -0.15) is 0 Å². The Morgan fingerprint density at radius 1 is 1.56 bits per heavy atom. The van der Waals surface area contributed by atoms with Gasteiger partial charge in [0.2, 0.25) is 0 Å². The van der Waals surface area contributed by atoms with Crippen molar-refractivity contribution in [1.29, 1.82) is 0 Å². The largest absolute Gasteiger partial charge is 0.324 e. The van der Waals surface area contributed by atoms with Gasteiger partial charge in [-0.1, -0.05) is 18.1 Å². The van der Waals surface area contributed by atoms with E-state index < -0.39 is 0 Å². The van der Waals surface area contributed by atoms with Crippen LogP contribution in [0.3, 0.4) is 0 Å². The predicted octanol–water partition coefficient (Wildman–Crippen LogP) is 1.83. The first-order valence-corrected chi connectivity index (χ1v) is 3.75. The van der Waals surface area contributed by atoms with E-state index in [2.05, 4.69) is 13.0 Å².